The normalized spacial score (nSPS) is 10.8. The van der Waals surface area contributed by atoms with Crippen LogP contribution in [0.2, 0.25) is 0 Å². The zero-order valence-corrected chi connectivity index (χ0v) is 12.8. The predicted octanol–water partition coefficient (Wildman–Crippen LogP) is 2.76. The van der Waals surface area contributed by atoms with Crippen LogP contribution in [0.5, 0.6) is 0 Å². The Labute approximate surface area is 121 Å². The van der Waals surface area contributed by atoms with Gasteiger partial charge < -0.3 is 10.6 Å². The zero-order valence-electron chi connectivity index (χ0n) is 12.8. The Morgan fingerprint density at radius 3 is 2.20 bits per heavy atom. The predicted molar refractivity (Wildman–Crippen MR) is 84.9 cm³/mol. The SMILES string of the molecule is CCc1ccc(CN(C)c2c(N)c(CC)nn2C)cc1. The summed E-state index contributed by atoms with van der Waals surface area (Å²) in [6, 6.07) is 8.74. The van der Waals surface area contributed by atoms with Gasteiger partial charge in [0.05, 0.1) is 11.4 Å². The average Bonchev–Trinajstić information content (AvgIpc) is 2.74. The van der Waals surface area contributed by atoms with Gasteiger partial charge in [-0.2, -0.15) is 5.10 Å². The lowest BCUT2D eigenvalue weighted by atomic mass is 10.1. The molecule has 0 aliphatic carbocycles. The maximum Gasteiger partial charge on any atom is 0.150 e. The van der Waals surface area contributed by atoms with Crippen LogP contribution in [-0.2, 0) is 26.4 Å². The van der Waals surface area contributed by atoms with Crippen LogP contribution >= 0.6 is 0 Å². The molecule has 2 aromatic rings. The van der Waals surface area contributed by atoms with Gasteiger partial charge in [0.15, 0.2) is 0 Å². The number of rotatable bonds is 5. The molecule has 2 rings (SSSR count). The standard InChI is InChI=1S/C16H24N4/c1-5-12-7-9-13(10-8-12)11-19(3)16-15(17)14(6-2)18-20(16)4/h7-10H,5-6,11,17H2,1-4H3. The molecule has 0 bridgehead atoms. The third-order valence-electron chi connectivity index (χ3n) is 3.68. The van der Waals surface area contributed by atoms with Gasteiger partial charge in [0.25, 0.3) is 0 Å². The van der Waals surface area contributed by atoms with Crippen LogP contribution in [-0.4, -0.2) is 16.8 Å². The van der Waals surface area contributed by atoms with Crippen molar-refractivity contribution >= 4 is 11.5 Å². The molecule has 0 aliphatic rings. The summed E-state index contributed by atoms with van der Waals surface area (Å²) in [5.74, 6) is 0.987. The minimum Gasteiger partial charge on any atom is -0.394 e. The van der Waals surface area contributed by atoms with E-state index in [4.69, 9.17) is 5.73 Å². The summed E-state index contributed by atoms with van der Waals surface area (Å²) in [6.45, 7) is 5.08. The Bertz CT molecular complexity index is 569. The molecule has 0 radical (unpaired) electrons. The number of nitrogens with zero attached hydrogens (tertiary/aromatic N) is 3. The van der Waals surface area contributed by atoms with Gasteiger partial charge in [-0.05, 0) is 24.0 Å². The number of hydrogen-bond donors (Lipinski definition) is 1. The van der Waals surface area contributed by atoms with Crippen LogP contribution in [0.4, 0.5) is 11.5 Å². The molecule has 0 aliphatic heterocycles. The lowest BCUT2D eigenvalue weighted by molar-refractivity contribution is 0.720. The highest BCUT2D eigenvalue weighted by Crippen LogP contribution is 2.26. The largest absolute Gasteiger partial charge is 0.394 e. The third kappa shape index (κ3) is 2.79. The van der Waals surface area contributed by atoms with Crippen molar-refractivity contribution in [3.63, 3.8) is 0 Å². The monoisotopic (exact) mass is 272 g/mol. The number of hydrogen-bond acceptors (Lipinski definition) is 3. The Balaban J connectivity index is 2.19. The van der Waals surface area contributed by atoms with Crippen LogP contribution in [0, 0.1) is 0 Å². The van der Waals surface area contributed by atoms with E-state index in [9.17, 15) is 0 Å². The topological polar surface area (TPSA) is 47.1 Å². The first-order chi connectivity index (χ1) is 9.56. The van der Waals surface area contributed by atoms with Gasteiger partial charge in [0.2, 0.25) is 0 Å². The minimum absolute atomic E-state index is 0.794. The Hall–Kier alpha value is -1.97. The summed E-state index contributed by atoms with van der Waals surface area (Å²) in [6.07, 6.45) is 1.93. The molecule has 0 spiro atoms. The number of aryl methyl sites for hydroxylation is 3. The summed E-state index contributed by atoms with van der Waals surface area (Å²) in [5, 5.41) is 4.47. The van der Waals surface area contributed by atoms with Crippen LogP contribution in [0.25, 0.3) is 0 Å². The van der Waals surface area contributed by atoms with E-state index in [1.54, 1.807) is 0 Å². The van der Waals surface area contributed by atoms with Crippen molar-refractivity contribution in [3.05, 3.63) is 41.1 Å². The molecule has 1 aromatic carbocycles. The molecule has 1 heterocycles. The first kappa shape index (κ1) is 14.4. The van der Waals surface area contributed by atoms with Crippen molar-refractivity contribution in [1.82, 2.24) is 9.78 Å². The van der Waals surface area contributed by atoms with Crippen molar-refractivity contribution in [3.8, 4) is 0 Å². The molecule has 20 heavy (non-hydrogen) atoms. The molecule has 0 atom stereocenters. The number of anilines is 2. The van der Waals surface area contributed by atoms with Gasteiger partial charge in [-0.25, -0.2) is 0 Å². The molecule has 0 saturated heterocycles. The van der Waals surface area contributed by atoms with Crippen molar-refractivity contribution in [2.24, 2.45) is 7.05 Å². The molecular formula is C16H24N4. The maximum absolute atomic E-state index is 6.19. The highest BCUT2D eigenvalue weighted by atomic mass is 15.4. The van der Waals surface area contributed by atoms with Crippen LogP contribution < -0.4 is 10.6 Å². The van der Waals surface area contributed by atoms with Crippen molar-refractivity contribution < 1.29 is 0 Å². The smallest absolute Gasteiger partial charge is 0.150 e. The summed E-state index contributed by atoms with van der Waals surface area (Å²) in [7, 11) is 4.00. The van der Waals surface area contributed by atoms with E-state index < -0.39 is 0 Å². The fourth-order valence-corrected chi connectivity index (χ4v) is 2.53. The number of benzene rings is 1. The first-order valence-electron chi connectivity index (χ1n) is 7.17. The van der Waals surface area contributed by atoms with Gasteiger partial charge in [-0.1, -0.05) is 38.1 Å². The summed E-state index contributed by atoms with van der Waals surface area (Å²) in [4.78, 5) is 2.16. The second kappa shape index (κ2) is 5.99. The fourth-order valence-electron chi connectivity index (χ4n) is 2.53. The summed E-state index contributed by atoms with van der Waals surface area (Å²) >= 11 is 0. The van der Waals surface area contributed by atoms with E-state index in [1.807, 2.05) is 11.7 Å². The molecule has 1 aromatic heterocycles. The molecule has 0 amide bonds. The molecular weight excluding hydrogens is 248 g/mol. The number of aromatic nitrogens is 2. The molecule has 4 heteroatoms. The van der Waals surface area contributed by atoms with Gasteiger partial charge in [0, 0.05) is 20.6 Å². The van der Waals surface area contributed by atoms with Gasteiger partial charge in [-0.15, -0.1) is 0 Å². The van der Waals surface area contributed by atoms with E-state index in [-0.39, 0.29) is 0 Å². The fraction of sp³-hybridized carbons (Fsp3) is 0.438. The quantitative estimate of drug-likeness (QED) is 0.910. The van der Waals surface area contributed by atoms with E-state index in [0.29, 0.717) is 0 Å². The summed E-state index contributed by atoms with van der Waals surface area (Å²) in [5.41, 5.74) is 10.6. The summed E-state index contributed by atoms with van der Waals surface area (Å²) < 4.78 is 1.87. The van der Waals surface area contributed by atoms with Crippen LogP contribution in [0.15, 0.2) is 24.3 Å². The Morgan fingerprint density at radius 2 is 1.70 bits per heavy atom. The van der Waals surface area contributed by atoms with E-state index >= 15 is 0 Å². The van der Waals surface area contributed by atoms with Gasteiger partial charge >= 0.3 is 0 Å². The molecule has 0 saturated carbocycles. The Morgan fingerprint density at radius 1 is 1.10 bits per heavy atom. The van der Waals surface area contributed by atoms with Crippen LogP contribution in [0.3, 0.4) is 0 Å². The first-order valence-corrected chi connectivity index (χ1v) is 7.17. The molecule has 4 nitrogen and oxygen atoms in total. The zero-order chi connectivity index (χ0) is 14.7. The molecule has 2 N–H and O–H groups in total. The highest BCUT2D eigenvalue weighted by molar-refractivity contribution is 5.66. The van der Waals surface area contributed by atoms with E-state index in [2.05, 4.69) is 55.2 Å². The van der Waals surface area contributed by atoms with Gasteiger partial charge in [-0.3, -0.25) is 4.68 Å². The highest BCUT2D eigenvalue weighted by Gasteiger charge is 2.15. The van der Waals surface area contributed by atoms with Crippen molar-refractivity contribution in [2.75, 3.05) is 17.7 Å². The lowest BCUT2D eigenvalue weighted by Gasteiger charge is -2.20. The molecule has 0 unspecified atom stereocenters. The van der Waals surface area contributed by atoms with E-state index in [1.165, 1.54) is 11.1 Å². The second-order valence-corrected chi connectivity index (χ2v) is 5.19. The lowest BCUT2D eigenvalue weighted by Crippen LogP contribution is -2.20. The third-order valence-corrected chi connectivity index (χ3v) is 3.68. The van der Waals surface area contributed by atoms with Crippen molar-refractivity contribution in [1.29, 1.82) is 0 Å². The number of nitrogens with two attached hydrogens (primary N) is 1. The minimum atomic E-state index is 0.794. The molecule has 0 fully saturated rings. The molecule has 108 valence electrons. The van der Waals surface area contributed by atoms with E-state index in [0.717, 1.165) is 36.6 Å². The van der Waals surface area contributed by atoms with Crippen molar-refractivity contribution in [2.45, 2.75) is 33.2 Å². The van der Waals surface area contributed by atoms with Gasteiger partial charge in [0.1, 0.15) is 5.82 Å². The maximum atomic E-state index is 6.19. The average molecular weight is 272 g/mol. The second-order valence-electron chi connectivity index (χ2n) is 5.19. The van der Waals surface area contributed by atoms with Crippen LogP contribution in [0.1, 0.15) is 30.7 Å². The number of nitrogen functional groups attached to an aromatic ring is 1. The Kier molecular flexibility index (Phi) is 4.32.